The molecule has 0 saturated heterocycles. The summed E-state index contributed by atoms with van der Waals surface area (Å²) in [5.74, 6) is 0. The number of aryl methyl sites for hydroxylation is 1. The van der Waals surface area contributed by atoms with E-state index in [1.54, 1.807) is 0 Å². The fraction of sp³-hybridized carbons (Fsp3) is 0.533. The molecule has 1 aromatic carbocycles. The number of benzene rings is 1. The second-order valence-electron chi connectivity index (χ2n) is 5.92. The first-order valence-electron chi connectivity index (χ1n) is 6.58. The maximum atomic E-state index is 11.6. The zero-order valence-electron chi connectivity index (χ0n) is 12.2. The number of nitrogens with one attached hydrogen (secondary N) is 2. The predicted molar refractivity (Wildman–Crippen MR) is 78.3 cm³/mol. The summed E-state index contributed by atoms with van der Waals surface area (Å²) in [6.45, 7) is 8.38. The van der Waals surface area contributed by atoms with Crippen LogP contribution >= 0.6 is 0 Å². The molecule has 0 saturated carbocycles. The zero-order valence-corrected chi connectivity index (χ0v) is 12.2. The Labute approximate surface area is 115 Å². The van der Waals surface area contributed by atoms with Gasteiger partial charge in [-0.2, -0.15) is 0 Å². The lowest BCUT2D eigenvalue weighted by Gasteiger charge is -2.25. The number of anilines is 1. The van der Waals surface area contributed by atoms with Gasteiger partial charge in [-0.25, -0.2) is 4.79 Å². The van der Waals surface area contributed by atoms with E-state index >= 15 is 0 Å². The van der Waals surface area contributed by atoms with Crippen LogP contribution < -0.4 is 10.6 Å². The van der Waals surface area contributed by atoms with Gasteiger partial charge in [0.25, 0.3) is 0 Å². The van der Waals surface area contributed by atoms with Crippen LogP contribution in [0.2, 0.25) is 0 Å². The Hall–Kier alpha value is -1.55. The van der Waals surface area contributed by atoms with Crippen LogP contribution in [0, 0.1) is 12.3 Å². The molecule has 0 bridgehead atoms. The molecule has 0 aliphatic heterocycles. The smallest absolute Gasteiger partial charge is 0.319 e. The van der Waals surface area contributed by atoms with E-state index in [0.29, 0.717) is 13.0 Å². The van der Waals surface area contributed by atoms with Crippen molar-refractivity contribution in [2.45, 2.75) is 40.2 Å². The minimum Gasteiger partial charge on any atom is -0.393 e. The van der Waals surface area contributed by atoms with Crippen molar-refractivity contribution in [1.29, 1.82) is 0 Å². The Morgan fingerprint density at radius 2 is 1.84 bits per heavy atom. The number of carbonyl (C=O) groups is 1. The van der Waals surface area contributed by atoms with Crippen molar-refractivity contribution in [3.8, 4) is 0 Å². The van der Waals surface area contributed by atoms with Gasteiger partial charge in [0.15, 0.2) is 0 Å². The van der Waals surface area contributed by atoms with Crippen LogP contribution in [0.3, 0.4) is 0 Å². The number of carbonyl (C=O) groups excluding carboxylic acids is 1. The van der Waals surface area contributed by atoms with Crippen LogP contribution in [0.15, 0.2) is 24.3 Å². The molecule has 1 atom stereocenters. The topological polar surface area (TPSA) is 61.4 Å². The molecule has 2 amide bonds. The molecule has 0 aromatic heterocycles. The number of aliphatic hydroxyl groups excluding tert-OH is 1. The third-order valence-electron chi connectivity index (χ3n) is 3.01. The van der Waals surface area contributed by atoms with Gasteiger partial charge in [-0.3, -0.25) is 0 Å². The van der Waals surface area contributed by atoms with Gasteiger partial charge >= 0.3 is 6.03 Å². The number of aliphatic hydroxyl groups is 1. The Bertz CT molecular complexity index is 407. The van der Waals surface area contributed by atoms with Crippen molar-refractivity contribution in [2.75, 3.05) is 11.9 Å². The van der Waals surface area contributed by atoms with E-state index in [0.717, 1.165) is 11.3 Å². The largest absolute Gasteiger partial charge is 0.393 e. The summed E-state index contributed by atoms with van der Waals surface area (Å²) in [6, 6.07) is 7.36. The monoisotopic (exact) mass is 264 g/mol. The van der Waals surface area contributed by atoms with Crippen molar-refractivity contribution >= 4 is 11.7 Å². The summed E-state index contributed by atoms with van der Waals surface area (Å²) < 4.78 is 0. The van der Waals surface area contributed by atoms with E-state index in [4.69, 9.17) is 0 Å². The SMILES string of the molecule is Cc1ccc(NC(=O)NCCC(O)C(C)(C)C)cc1. The zero-order chi connectivity index (χ0) is 14.5. The highest BCUT2D eigenvalue weighted by Crippen LogP contribution is 2.20. The number of hydrogen-bond acceptors (Lipinski definition) is 2. The van der Waals surface area contributed by atoms with Gasteiger partial charge in [0.2, 0.25) is 0 Å². The molecule has 1 aromatic rings. The first-order valence-corrected chi connectivity index (χ1v) is 6.58. The molecule has 0 aliphatic carbocycles. The number of hydrogen-bond donors (Lipinski definition) is 3. The lowest BCUT2D eigenvalue weighted by Crippen LogP contribution is -2.34. The minimum absolute atomic E-state index is 0.158. The highest BCUT2D eigenvalue weighted by Gasteiger charge is 2.21. The predicted octanol–water partition coefficient (Wildman–Crippen LogP) is 2.91. The van der Waals surface area contributed by atoms with Crippen molar-refractivity contribution in [1.82, 2.24) is 5.32 Å². The summed E-state index contributed by atoms with van der Waals surface area (Å²) in [5, 5.41) is 15.3. The quantitative estimate of drug-likeness (QED) is 0.783. The summed E-state index contributed by atoms with van der Waals surface area (Å²) in [5.41, 5.74) is 1.76. The Morgan fingerprint density at radius 3 is 2.37 bits per heavy atom. The molecule has 0 radical (unpaired) electrons. The van der Waals surface area contributed by atoms with Crippen molar-refractivity contribution in [2.24, 2.45) is 5.41 Å². The number of urea groups is 1. The van der Waals surface area contributed by atoms with Gasteiger partial charge in [-0.1, -0.05) is 38.5 Å². The molecular weight excluding hydrogens is 240 g/mol. The first-order chi connectivity index (χ1) is 8.79. The van der Waals surface area contributed by atoms with E-state index in [9.17, 15) is 9.90 Å². The van der Waals surface area contributed by atoms with E-state index in [1.807, 2.05) is 52.0 Å². The van der Waals surface area contributed by atoms with E-state index in [-0.39, 0.29) is 11.4 Å². The fourth-order valence-corrected chi connectivity index (χ4v) is 1.57. The maximum absolute atomic E-state index is 11.6. The van der Waals surface area contributed by atoms with Crippen LogP contribution in [0.1, 0.15) is 32.8 Å². The van der Waals surface area contributed by atoms with E-state index in [2.05, 4.69) is 10.6 Å². The lowest BCUT2D eigenvalue weighted by atomic mass is 9.87. The Kier molecular flexibility index (Phi) is 5.36. The molecule has 19 heavy (non-hydrogen) atoms. The van der Waals surface area contributed by atoms with Crippen molar-refractivity contribution in [3.63, 3.8) is 0 Å². The van der Waals surface area contributed by atoms with Crippen molar-refractivity contribution < 1.29 is 9.90 Å². The Balaban J connectivity index is 2.31. The van der Waals surface area contributed by atoms with Crippen LogP contribution in [-0.2, 0) is 0 Å². The number of rotatable bonds is 4. The van der Waals surface area contributed by atoms with Gasteiger partial charge < -0.3 is 15.7 Å². The van der Waals surface area contributed by atoms with Gasteiger partial charge in [0.1, 0.15) is 0 Å². The van der Waals surface area contributed by atoms with Gasteiger partial charge in [0.05, 0.1) is 6.10 Å². The van der Waals surface area contributed by atoms with Crippen LogP contribution in [0.5, 0.6) is 0 Å². The molecule has 0 spiro atoms. The summed E-state index contributed by atoms with van der Waals surface area (Å²) >= 11 is 0. The Morgan fingerprint density at radius 1 is 1.26 bits per heavy atom. The second kappa shape index (κ2) is 6.57. The molecular formula is C15H24N2O2. The van der Waals surface area contributed by atoms with Gasteiger partial charge in [0, 0.05) is 12.2 Å². The summed E-state index contributed by atoms with van der Waals surface area (Å²) in [6.07, 6.45) is 0.123. The molecule has 1 unspecified atom stereocenters. The molecule has 0 heterocycles. The molecule has 4 nitrogen and oxygen atoms in total. The summed E-state index contributed by atoms with van der Waals surface area (Å²) in [4.78, 5) is 11.6. The van der Waals surface area contributed by atoms with Gasteiger partial charge in [-0.05, 0) is 30.9 Å². The first kappa shape index (κ1) is 15.5. The van der Waals surface area contributed by atoms with Crippen LogP contribution in [-0.4, -0.2) is 23.8 Å². The fourth-order valence-electron chi connectivity index (χ4n) is 1.57. The van der Waals surface area contributed by atoms with E-state index in [1.165, 1.54) is 0 Å². The minimum atomic E-state index is -0.424. The molecule has 1 rings (SSSR count). The number of amides is 2. The second-order valence-corrected chi connectivity index (χ2v) is 5.92. The molecule has 106 valence electrons. The molecule has 0 fully saturated rings. The highest BCUT2D eigenvalue weighted by molar-refractivity contribution is 5.89. The average Bonchev–Trinajstić information content (AvgIpc) is 2.31. The van der Waals surface area contributed by atoms with E-state index < -0.39 is 6.10 Å². The highest BCUT2D eigenvalue weighted by atomic mass is 16.3. The third kappa shape index (κ3) is 5.75. The van der Waals surface area contributed by atoms with Crippen LogP contribution in [0.25, 0.3) is 0 Å². The standard InChI is InChI=1S/C15H24N2O2/c1-11-5-7-12(8-6-11)17-14(19)16-10-9-13(18)15(2,3)4/h5-8,13,18H,9-10H2,1-4H3,(H2,16,17,19). The van der Waals surface area contributed by atoms with Crippen molar-refractivity contribution in [3.05, 3.63) is 29.8 Å². The molecule has 4 heteroatoms. The average molecular weight is 264 g/mol. The molecule has 3 N–H and O–H groups in total. The van der Waals surface area contributed by atoms with Gasteiger partial charge in [-0.15, -0.1) is 0 Å². The third-order valence-corrected chi connectivity index (χ3v) is 3.01. The lowest BCUT2D eigenvalue weighted by molar-refractivity contribution is 0.0565. The normalized spacial score (nSPS) is 12.9. The summed E-state index contributed by atoms with van der Waals surface area (Å²) in [7, 11) is 0. The van der Waals surface area contributed by atoms with Crippen LogP contribution in [0.4, 0.5) is 10.5 Å². The molecule has 0 aliphatic rings. The maximum Gasteiger partial charge on any atom is 0.319 e.